The summed E-state index contributed by atoms with van der Waals surface area (Å²) in [5, 5.41) is 0. The van der Waals surface area contributed by atoms with Crippen LogP contribution in [0.3, 0.4) is 0 Å². The van der Waals surface area contributed by atoms with Gasteiger partial charge in [0, 0.05) is 19.4 Å². The van der Waals surface area contributed by atoms with Gasteiger partial charge in [0.25, 0.3) is 0 Å². The van der Waals surface area contributed by atoms with Crippen molar-refractivity contribution < 1.29 is 23.8 Å². The number of allylic oxidation sites excluding steroid dienone is 14. The lowest BCUT2D eigenvalue weighted by Crippen LogP contribution is -2.30. The molecule has 0 saturated carbocycles. The Bertz CT molecular complexity index is 1130. The van der Waals surface area contributed by atoms with Gasteiger partial charge in [-0.2, -0.15) is 0 Å². The van der Waals surface area contributed by atoms with E-state index in [-0.39, 0.29) is 25.2 Å². The second-order valence-electron chi connectivity index (χ2n) is 16.3. The van der Waals surface area contributed by atoms with Crippen molar-refractivity contribution in [3.63, 3.8) is 0 Å². The number of carbonyl (C=O) groups is 2. The number of hydrogen-bond acceptors (Lipinski definition) is 5. The Balaban J connectivity index is 4.32. The maximum Gasteiger partial charge on any atom is 0.306 e. The Hall–Kier alpha value is -2.92. The minimum atomic E-state index is -0.559. The molecule has 0 amide bonds. The molecule has 0 N–H and O–H groups in total. The predicted molar refractivity (Wildman–Crippen MR) is 260 cm³/mol. The molecule has 1 unspecified atom stereocenters. The maximum absolute atomic E-state index is 12.7. The lowest BCUT2D eigenvalue weighted by atomic mass is 10.1. The highest BCUT2D eigenvalue weighted by Crippen LogP contribution is 2.13. The van der Waals surface area contributed by atoms with Crippen molar-refractivity contribution >= 4 is 11.9 Å². The lowest BCUT2D eigenvalue weighted by Gasteiger charge is -2.18. The van der Waals surface area contributed by atoms with E-state index < -0.39 is 6.10 Å². The molecular formula is C55H94O5. The highest BCUT2D eigenvalue weighted by molar-refractivity contribution is 5.70. The first-order valence-electron chi connectivity index (χ1n) is 25.1. The number of carbonyl (C=O) groups excluding carboxylic acids is 2. The van der Waals surface area contributed by atoms with E-state index in [1.165, 1.54) is 89.9 Å². The quantitative estimate of drug-likeness (QED) is 0.0347. The minimum absolute atomic E-state index is 0.0614. The lowest BCUT2D eigenvalue weighted by molar-refractivity contribution is -0.163. The summed E-state index contributed by atoms with van der Waals surface area (Å²) in [5.74, 6) is -0.444. The van der Waals surface area contributed by atoms with Gasteiger partial charge in [-0.1, -0.05) is 189 Å². The van der Waals surface area contributed by atoms with Crippen molar-refractivity contribution in [3.8, 4) is 0 Å². The van der Waals surface area contributed by atoms with Crippen molar-refractivity contribution in [3.05, 3.63) is 85.1 Å². The average Bonchev–Trinajstić information content (AvgIpc) is 3.25. The zero-order valence-corrected chi connectivity index (χ0v) is 39.5. The van der Waals surface area contributed by atoms with Crippen LogP contribution >= 0.6 is 0 Å². The fraction of sp³-hybridized carbons (Fsp3) is 0.709. The van der Waals surface area contributed by atoms with Crippen molar-refractivity contribution in [1.29, 1.82) is 0 Å². The highest BCUT2D eigenvalue weighted by atomic mass is 16.6. The molecule has 0 aromatic heterocycles. The first kappa shape index (κ1) is 57.1. The fourth-order valence-corrected chi connectivity index (χ4v) is 6.63. The summed E-state index contributed by atoms with van der Waals surface area (Å²) in [7, 11) is 0. The zero-order valence-electron chi connectivity index (χ0n) is 39.5. The Morgan fingerprint density at radius 2 is 0.767 bits per heavy atom. The van der Waals surface area contributed by atoms with Gasteiger partial charge in [-0.05, 0) is 109 Å². The minimum Gasteiger partial charge on any atom is -0.462 e. The summed E-state index contributed by atoms with van der Waals surface area (Å²) in [6.45, 7) is 7.59. The van der Waals surface area contributed by atoms with Crippen LogP contribution < -0.4 is 0 Å². The largest absolute Gasteiger partial charge is 0.462 e. The van der Waals surface area contributed by atoms with E-state index in [4.69, 9.17) is 14.2 Å². The third kappa shape index (κ3) is 47.8. The molecule has 0 radical (unpaired) electrons. The fourth-order valence-electron chi connectivity index (χ4n) is 6.63. The number of rotatable bonds is 45. The topological polar surface area (TPSA) is 61.8 Å². The molecule has 1 atom stereocenters. The van der Waals surface area contributed by atoms with Crippen LogP contribution in [-0.4, -0.2) is 37.9 Å². The molecule has 0 aliphatic carbocycles. The second-order valence-corrected chi connectivity index (χ2v) is 16.3. The van der Waals surface area contributed by atoms with Crippen molar-refractivity contribution in [2.24, 2.45) is 0 Å². The average molecular weight is 835 g/mol. The summed E-state index contributed by atoms with van der Waals surface area (Å²) >= 11 is 0. The van der Waals surface area contributed by atoms with Crippen molar-refractivity contribution in [2.45, 2.75) is 232 Å². The third-order valence-corrected chi connectivity index (χ3v) is 10.4. The standard InChI is InChI=1S/C55H94O5/c1-4-7-10-13-16-19-22-24-26-28-29-31-34-36-39-42-45-48-54(56)59-52-53(60-55(57)49-46-43-40-37-33-21-18-15-12-9-6-3)51-58-50-47-44-41-38-35-32-30-27-25-23-20-17-14-11-8-5-2/h7,10,15-20,24-27,29,31,53H,4-6,8-9,11-14,21-23,28,30,32-52H2,1-3H3/b10-7-,18-15-,19-16-,20-17-,26-24-,27-25-,31-29-. The Morgan fingerprint density at radius 3 is 1.27 bits per heavy atom. The number of hydrogen-bond donors (Lipinski definition) is 0. The van der Waals surface area contributed by atoms with E-state index in [0.717, 1.165) is 103 Å². The summed E-state index contributed by atoms with van der Waals surface area (Å²) in [6.07, 6.45) is 65.8. The number of ether oxygens (including phenoxy) is 3. The number of unbranched alkanes of at least 4 members (excludes halogenated alkanes) is 20. The van der Waals surface area contributed by atoms with Gasteiger partial charge in [0.1, 0.15) is 6.61 Å². The normalized spacial score (nSPS) is 12.9. The summed E-state index contributed by atoms with van der Waals surface area (Å²) in [6, 6.07) is 0. The number of esters is 2. The van der Waals surface area contributed by atoms with E-state index in [9.17, 15) is 9.59 Å². The van der Waals surface area contributed by atoms with Gasteiger partial charge in [-0.15, -0.1) is 0 Å². The van der Waals surface area contributed by atoms with Gasteiger partial charge in [-0.25, -0.2) is 0 Å². The molecule has 0 bridgehead atoms. The van der Waals surface area contributed by atoms with Gasteiger partial charge >= 0.3 is 11.9 Å². The molecule has 0 saturated heterocycles. The first-order chi connectivity index (χ1) is 29.6. The Labute approximate surface area is 371 Å². The third-order valence-electron chi connectivity index (χ3n) is 10.4. The van der Waals surface area contributed by atoms with Gasteiger partial charge in [0.05, 0.1) is 6.61 Å². The molecule has 0 aromatic carbocycles. The molecule has 0 aromatic rings. The summed E-state index contributed by atoms with van der Waals surface area (Å²) in [4.78, 5) is 25.3. The van der Waals surface area contributed by atoms with Crippen molar-refractivity contribution in [1.82, 2.24) is 0 Å². The summed E-state index contributed by atoms with van der Waals surface area (Å²) in [5.41, 5.74) is 0. The van der Waals surface area contributed by atoms with E-state index >= 15 is 0 Å². The second kappa shape index (κ2) is 50.4. The molecule has 0 fully saturated rings. The monoisotopic (exact) mass is 835 g/mol. The van der Waals surface area contributed by atoms with Crippen LogP contribution in [0.2, 0.25) is 0 Å². The van der Waals surface area contributed by atoms with Gasteiger partial charge in [0.15, 0.2) is 6.10 Å². The molecule has 60 heavy (non-hydrogen) atoms. The van der Waals surface area contributed by atoms with E-state index in [0.29, 0.717) is 19.4 Å². The van der Waals surface area contributed by atoms with Crippen molar-refractivity contribution in [2.75, 3.05) is 19.8 Å². The molecular weight excluding hydrogens is 741 g/mol. The smallest absolute Gasteiger partial charge is 0.306 e. The molecule has 0 heterocycles. The van der Waals surface area contributed by atoms with Crippen LogP contribution in [0.15, 0.2) is 85.1 Å². The first-order valence-corrected chi connectivity index (χ1v) is 25.1. The molecule has 5 heteroatoms. The molecule has 0 aliphatic heterocycles. The van der Waals surface area contributed by atoms with Gasteiger partial charge < -0.3 is 14.2 Å². The van der Waals surface area contributed by atoms with E-state index in [1.807, 2.05) is 0 Å². The van der Waals surface area contributed by atoms with Gasteiger partial charge in [-0.3, -0.25) is 9.59 Å². The van der Waals surface area contributed by atoms with Crippen LogP contribution in [-0.2, 0) is 23.8 Å². The van der Waals surface area contributed by atoms with Crippen LogP contribution in [0, 0.1) is 0 Å². The van der Waals surface area contributed by atoms with E-state index in [1.54, 1.807) is 0 Å². The summed E-state index contributed by atoms with van der Waals surface area (Å²) < 4.78 is 17.3. The Kier molecular flexibility index (Phi) is 48.0. The SMILES string of the molecule is CC/C=C\C/C=C\C/C=C\C/C=C\CCCCCCC(=O)OCC(COCCCCCCCC/C=C\C/C=C\CCCCC)OC(=O)CCCCCCC/C=C\CCCC. The molecule has 0 spiro atoms. The van der Waals surface area contributed by atoms with Gasteiger partial charge in [0.2, 0.25) is 0 Å². The van der Waals surface area contributed by atoms with E-state index in [2.05, 4.69) is 106 Å². The van der Waals surface area contributed by atoms with Crippen LogP contribution in [0.5, 0.6) is 0 Å². The molecule has 5 nitrogen and oxygen atoms in total. The molecule has 344 valence electrons. The van der Waals surface area contributed by atoms with Crippen LogP contribution in [0.1, 0.15) is 226 Å². The maximum atomic E-state index is 12.7. The highest BCUT2D eigenvalue weighted by Gasteiger charge is 2.17. The molecule has 0 aliphatic rings. The van der Waals surface area contributed by atoms with Crippen LogP contribution in [0.4, 0.5) is 0 Å². The molecule has 0 rings (SSSR count). The zero-order chi connectivity index (χ0) is 43.5. The predicted octanol–water partition coefficient (Wildman–Crippen LogP) is 16.9. The van der Waals surface area contributed by atoms with Crippen LogP contribution in [0.25, 0.3) is 0 Å². The Morgan fingerprint density at radius 1 is 0.383 bits per heavy atom.